The maximum Gasteiger partial charge on any atom is 0.147 e. The fourth-order valence-electron chi connectivity index (χ4n) is 1.73. The number of aryl methyl sites for hydroxylation is 2. The van der Waals surface area contributed by atoms with E-state index >= 15 is 0 Å². The zero-order valence-electron chi connectivity index (χ0n) is 11.3. The van der Waals surface area contributed by atoms with Crippen molar-refractivity contribution in [2.75, 3.05) is 6.54 Å². The van der Waals surface area contributed by atoms with Gasteiger partial charge in [-0.25, -0.2) is 9.67 Å². The second-order valence-electron chi connectivity index (χ2n) is 5.47. The second-order valence-corrected chi connectivity index (χ2v) is 5.47. The highest BCUT2D eigenvalue weighted by molar-refractivity contribution is 4.89. The van der Waals surface area contributed by atoms with Crippen LogP contribution in [-0.4, -0.2) is 26.8 Å². The Kier molecular flexibility index (Phi) is 4.08. The van der Waals surface area contributed by atoms with Crippen LogP contribution in [-0.2, 0) is 0 Å². The first-order valence-corrected chi connectivity index (χ1v) is 5.94. The lowest BCUT2D eigenvalue weighted by atomic mass is 10.1. The smallest absolute Gasteiger partial charge is 0.147 e. The first-order valence-electron chi connectivity index (χ1n) is 5.94. The summed E-state index contributed by atoms with van der Waals surface area (Å²) >= 11 is 0. The molecule has 1 N–H and O–H groups in total. The van der Waals surface area contributed by atoms with Crippen molar-refractivity contribution in [2.24, 2.45) is 0 Å². The maximum absolute atomic E-state index is 4.40. The minimum absolute atomic E-state index is 0.188. The van der Waals surface area contributed by atoms with Crippen molar-refractivity contribution in [3.8, 4) is 0 Å². The molecule has 1 rings (SSSR count). The summed E-state index contributed by atoms with van der Waals surface area (Å²) in [5, 5.41) is 7.89. The molecule has 0 saturated carbocycles. The van der Waals surface area contributed by atoms with Crippen molar-refractivity contribution in [1.82, 2.24) is 20.1 Å². The first-order chi connectivity index (χ1) is 7.29. The van der Waals surface area contributed by atoms with Crippen molar-refractivity contribution < 1.29 is 0 Å². The van der Waals surface area contributed by atoms with Gasteiger partial charge in [-0.15, -0.1) is 0 Å². The van der Waals surface area contributed by atoms with Gasteiger partial charge < -0.3 is 5.32 Å². The molecule has 16 heavy (non-hydrogen) atoms. The van der Waals surface area contributed by atoms with Crippen LogP contribution in [0.5, 0.6) is 0 Å². The van der Waals surface area contributed by atoms with Gasteiger partial charge in [0.05, 0.1) is 6.04 Å². The molecule has 0 saturated heterocycles. The Bertz CT molecular complexity index is 335. The predicted octanol–water partition coefficient (Wildman–Crippen LogP) is 2.23. The van der Waals surface area contributed by atoms with Gasteiger partial charge in [0.15, 0.2) is 0 Å². The summed E-state index contributed by atoms with van der Waals surface area (Å²) in [5.41, 5.74) is 0.188. The van der Waals surface area contributed by atoms with Crippen LogP contribution in [0.15, 0.2) is 0 Å². The van der Waals surface area contributed by atoms with Crippen molar-refractivity contribution in [1.29, 1.82) is 0 Å². The third kappa shape index (κ3) is 3.93. The van der Waals surface area contributed by atoms with Crippen LogP contribution >= 0.6 is 0 Å². The lowest BCUT2D eigenvalue weighted by Gasteiger charge is -2.22. The van der Waals surface area contributed by atoms with Crippen LogP contribution in [0.4, 0.5) is 0 Å². The third-order valence-electron chi connectivity index (χ3n) is 2.54. The van der Waals surface area contributed by atoms with E-state index in [2.05, 4.69) is 43.1 Å². The highest BCUT2D eigenvalue weighted by Crippen LogP contribution is 2.11. The minimum Gasteiger partial charge on any atom is -0.312 e. The standard InChI is InChI=1S/C12H24N4/c1-9(7-8-13-12(4,5)6)16-11(3)14-10(2)15-16/h9,13H,7-8H2,1-6H3. The Balaban J connectivity index is 2.47. The van der Waals surface area contributed by atoms with Crippen molar-refractivity contribution in [3.05, 3.63) is 11.6 Å². The van der Waals surface area contributed by atoms with Gasteiger partial charge in [-0.3, -0.25) is 0 Å². The molecule has 4 heteroatoms. The Hall–Kier alpha value is -0.900. The molecule has 0 bridgehead atoms. The Labute approximate surface area is 98.5 Å². The van der Waals surface area contributed by atoms with Crippen LogP contribution < -0.4 is 5.32 Å². The average molecular weight is 224 g/mol. The Morgan fingerprint density at radius 2 is 1.94 bits per heavy atom. The first kappa shape index (κ1) is 13.2. The van der Waals surface area contributed by atoms with Crippen molar-refractivity contribution >= 4 is 0 Å². The molecule has 1 atom stereocenters. The van der Waals surface area contributed by atoms with Gasteiger partial charge in [0, 0.05) is 5.54 Å². The Morgan fingerprint density at radius 1 is 1.31 bits per heavy atom. The number of nitrogens with one attached hydrogen (secondary N) is 1. The number of hydrogen-bond donors (Lipinski definition) is 1. The van der Waals surface area contributed by atoms with Gasteiger partial charge in [0.25, 0.3) is 0 Å². The van der Waals surface area contributed by atoms with E-state index in [0.717, 1.165) is 24.6 Å². The molecule has 0 aromatic carbocycles. The summed E-state index contributed by atoms with van der Waals surface area (Å²) in [6.45, 7) is 13.7. The molecule has 92 valence electrons. The molecule has 0 aliphatic rings. The zero-order chi connectivity index (χ0) is 12.3. The quantitative estimate of drug-likeness (QED) is 0.853. The molecule has 0 aliphatic carbocycles. The number of aromatic nitrogens is 3. The van der Waals surface area contributed by atoms with E-state index in [1.165, 1.54) is 0 Å². The largest absolute Gasteiger partial charge is 0.312 e. The summed E-state index contributed by atoms with van der Waals surface area (Å²) in [6, 6.07) is 0.399. The fraction of sp³-hybridized carbons (Fsp3) is 0.833. The van der Waals surface area contributed by atoms with Gasteiger partial charge >= 0.3 is 0 Å². The second kappa shape index (κ2) is 4.95. The predicted molar refractivity (Wildman–Crippen MR) is 66.6 cm³/mol. The minimum atomic E-state index is 0.188. The van der Waals surface area contributed by atoms with E-state index in [1.807, 2.05) is 18.5 Å². The highest BCUT2D eigenvalue weighted by atomic mass is 15.4. The van der Waals surface area contributed by atoms with Gasteiger partial charge in [-0.05, 0) is 54.5 Å². The van der Waals surface area contributed by atoms with Gasteiger partial charge in [0.1, 0.15) is 11.6 Å². The van der Waals surface area contributed by atoms with Gasteiger partial charge in [0.2, 0.25) is 0 Å². The normalized spacial score (nSPS) is 14.1. The molecule has 0 fully saturated rings. The van der Waals surface area contributed by atoms with Crippen molar-refractivity contribution in [3.63, 3.8) is 0 Å². The summed E-state index contributed by atoms with van der Waals surface area (Å²) in [6.07, 6.45) is 1.07. The molecule has 4 nitrogen and oxygen atoms in total. The number of rotatable bonds is 4. The lowest BCUT2D eigenvalue weighted by molar-refractivity contribution is 0.376. The molecule has 1 unspecified atom stereocenters. The molecule has 0 amide bonds. The van der Waals surface area contributed by atoms with E-state index in [1.54, 1.807) is 0 Å². The molecule has 1 aromatic heterocycles. The molecule has 1 aromatic rings. The lowest BCUT2D eigenvalue weighted by Crippen LogP contribution is -2.37. The van der Waals surface area contributed by atoms with E-state index in [9.17, 15) is 0 Å². The highest BCUT2D eigenvalue weighted by Gasteiger charge is 2.12. The molecule has 0 aliphatic heterocycles. The van der Waals surface area contributed by atoms with Crippen LogP contribution in [0.2, 0.25) is 0 Å². The molecular formula is C12H24N4. The van der Waals surface area contributed by atoms with Crippen LogP contribution in [0.1, 0.15) is 51.8 Å². The monoisotopic (exact) mass is 224 g/mol. The van der Waals surface area contributed by atoms with Gasteiger partial charge in [-0.1, -0.05) is 0 Å². The SMILES string of the molecule is Cc1nc(C)n(C(C)CCNC(C)(C)C)n1. The molecular weight excluding hydrogens is 200 g/mol. The summed E-state index contributed by atoms with van der Waals surface area (Å²) in [4.78, 5) is 4.32. The Morgan fingerprint density at radius 3 is 2.38 bits per heavy atom. The van der Waals surface area contributed by atoms with E-state index in [0.29, 0.717) is 6.04 Å². The maximum atomic E-state index is 4.40. The molecule has 0 spiro atoms. The number of hydrogen-bond acceptors (Lipinski definition) is 3. The van der Waals surface area contributed by atoms with Crippen LogP contribution in [0, 0.1) is 13.8 Å². The fourth-order valence-corrected chi connectivity index (χ4v) is 1.73. The van der Waals surface area contributed by atoms with E-state index < -0.39 is 0 Å². The van der Waals surface area contributed by atoms with Gasteiger partial charge in [-0.2, -0.15) is 5.10 Å². The van der Waals surface area contributed by atoms with Crippen LogP contribution in [0.25, 0.3) is 0 Å². The van der Waals surface area contributed by atoms with E-state index in [4.69, 9.17) is 0 Å². The zero-order valence-corrected chi connectivity index (χ0v) is 11.3. The topological polar surface area (TPSA) is 42.7 Å². The molecule has 1 heterocycles. The van der Waals surface area contributed by atoms with Crippen molar-refractivity contribution in [2.45, 2.75) is 59.5 Å². The number of nitrogens with zero attached hydrogens (tertiary/aromatic N) is 3. The molecule has 0 radical (unpaired) electrons. The average Bonchev–Trinajstić information content (AvgIpc) is 2.43. The third-order valence-corrected chi connectivity index (χ3v) is 2.54. The summed E-state index contributed by atoms with van der Waals surface area (Å²) < 4.78 is 2.01. The summed E-state index contributed by atoms with van der Waals surface area (Å²) in [7, 11) is 0. The van der Waals surface area contributed by atoms with Crippen LogP contribution in [0.3, 0.4) is 0 Å². The van der Waals surface area contributed by atoms with E-state index in [-0.39, 0.29) is 5.54 Å². The summed E-state index contributed by atoms with van der Waals surface area (Å²) in [5.74, 6) is 1.86.